The summed E-state index contributed by atoms with van der Waals surface area (Å²) in [7, 11) is -1.06. The van der Waals surface area contributed by atoms with Crippen LogP contribution in [0.2, 0.25) is 0 Å². The molecule has 1 saturated heterocycles. The largest absolute Gasteiger partial charge is 0.336 e. The van der Waals surface area contributed by atoms with Crippen molar-refractivity contribution >= 4 is 16.7 Å². The van der Waals surface area contributed by atoms with E-state index in [-0.39, 0.29) is 11.9 Å². The molecule has 1 aromatic heterocycles. The Balaban J connectivity index is 1.43. The molecule has 6 heteroatoms. The van der Waals surface area contributed by atoms with Crippen molar-refractivity contribution in [2.75, 3.05) is 26.2 Å². The third kappa shape index (κ3) is 3.82. The molecule has 158 valence electrons. The highest BCUT2D eigenvalue weighted by molar-refractivity contribution is 7.84. The molecule has 2 aliphatic rings. The van der Waals surface area contributed by atoms with Gasteiger partial charge in [0.05, 0.1) is 28.2 Å². The average Bonchev–Trinajstić information content (AvgIpc) is 2.93. The van der Waals surface area contributed by atoms with Crippen molar-refractivity contribution in [3.63, 3.8) is 0 Å². The molecule has 0 spiro atoms. The van der Waals surface area contributed by atoms with Gasteiger partial charge in [-0.2, -0.15) is 0 Å². The minimum Gasteiger partial charge on any atom is -0.336 e. The zero-order valence-electron chi connectivity index (χ0n) is 17.5. The van der Waals surface area contributed by atoms with Crippen LogP contribution in [0.4, 0.5) is 0 Å². The van der Waals surface area contributed by atoms with Crippen molar-refractivity contribution < 1.29 is 9.00 Å². The molecule has 2 unspecified atom stereocenters. The van der Waals surface area contributed by atoms with Gasteiger partial charge in [-0.25, -0.2) is 0 Å². The molecule has 2 aliphatic heterocycles. The lowest BCUT2D eigenvalue weighted by molar-refractivity contribution is 0.0595. The van der Waals surface area contributed by atoms with Gasteiger partial charge < -0.3 is 4.90 Å². The van der Waals surface area contributed by atoms with Gasteiger partial charge in [0.25, 0.3) is 5.91 Å². The summed E-state index contributed by atoms with van der Waals surface area (Å²) >= 11 is 0. The summed E-state index contributed by atoms with van der Waals surface area (Å²) in [6, 6.07) is 18.4. The van der Waals surface area contributed by atoms with Crippen molar-refractivity contribution in [3.05, 3.63) is 94.8 Å². The molecule has 0 radical (unpaired) electrons. The summed E-state index contributed by atoms with van der Waals surface area (Å²) < 4.78 is 13.1. The van der Waals surface area contributed by atoms with Gasteiger partial charge in [-0.1, -0.05) is 42.5 Å². The summed E-state index contributed by atoms with van der Waals surface area (Å²) in [5, 5.41) is 0. The first-order valence-electron chi connectivity index (χ1n) is 10.6. The number of pyridine rings is 1. The number of aryl methyl sites for hydroxylation is 1. The molecule has 0 N–H and O–H groups in total. The third-order valence-corrected chi connectivity index (χ3v) is 7.62. The van der Waals surface area contributed by atoms with Crippen molar-refractivity contribution in [2.45, 2.75) is 23.6 Å². The zero-order valence-corrected chi connectivity index (χ0v) is 18.3. The third-order valence-electron chi connectivity index (χ3n) is 6.18. The first kappa shape index (κ1) is 20.1. The second-order valence-corrected chi connectivity index (χ2v) is 9.63. The molecule has 1 fully saturated rings. The fourth-order valence-corrected chi connectivity index (χ4v) is 6.04. The Morgan fingerprint density at radius 2 is 1.68 bits per heavy atom. The standard InChI is InChI=1S/C25H25N3O2S/c1-18-14-20(16-26-15-18)25(29)28-12-10-27(11-13-28)24-21-7-3-2-6-19(21)17-31(30)23-9-5-4-8-22(23)24/h2-9,14-16,24H,10-13,17H2,1H3. The smallest absolute Gasteiger partial charge is 0.255 e. The Morgan fingerprint density at radius 1 is 0.968 bits per heavy atom. The lowest BCUT2D eigenvalue weighted by Gasteiger charge is -2.40. The van der Waals surface area contributed by atoms with Crippen molar-refractivity contribution in [3.8, 4) is 0 Å². The molecular weight excluding hydrogens is 406 g/mol. The first-order chi connectivity index (χ1) is 15.1. The van der Waals surface area contributed by atoms with E-state index in [9.17, 15) is 9.00 Å². The highest BCUT2D eigenvalue weighted by atomic mass is 32.2. The van der Waals surface area contributed by atoms with Crippen LogP contribution in [0.15, 0.2) is 71.9 Å². The number of hydrogen-bond acceptors (Lipinski definition) is 4. The minimum atomic E-state index is -1.06. The lowest BCUT2D eigenvalue weighted by atomic mass is 9.93. The van der Waals surface area contributed by atoms with Crippen LogP contribution in [0.1, 0.15) is 38.7 Å². The van der Waals surface area contributed by atoms with Crippen molar-refractivity contribution in [1.82, 2.24) is 14.8 Å². The van der Waals surface area contributed by atoms with E-state index in [4.69, 9.17) is 0 Å². The molecule has 31 heavy (non-hydrogen) atoms. The van der Waals surface area contributed by atoms with Crippen molar-refractivity contribution in [2.24, 2.45) is 0 Å². The van der Waals surface area contributed by atoms with Crippen LogP contribution in [0.5, 0.6) is 0 Å². The SMILES string of the molecule is Cc1cncc(C(=O)N2CCN(C3c4ccccc4CS(=O)c4ccccc43)CC2)c1. The van der Waals surface area contributed by atoms with Gasteiger partial charge >= 0.3 is 0 Å². The van der Waals surface area contributed by atoms with Gasteiger partial charge in [0.1, 0.15) is 0 Å². The number of hydrogen-bond donors (Lipinski definition) is 0. The molecule has 5 rings (SSSR count). The maximum absolute atomic E-state index is 13.1. The van der Waals surface area contributed by atoms with Crippen LogP contribution >= 0.6 is 0 Å². The van der Waals surface area contributed by atoms with Gasteiger partial charge in [-0.05, 0) is 41.3 Å². The van der Waals surface area contributed by atoms with E-state index < -0.39 is 10.8 Å². The average molecular weight is 432 g/mol. The van der Waals surface area contributed by atoms with Crippen LogP contribution in [0, 0.1) is 6.92 Å². The van der Waals surface area contributed by atoms with Gasteiger partial charge in [-0.15, -0.1) is 0 Å². The normalized spacial score (nSPS) is 21.1. The monoisotopic (exact) mass is 431 g/mol. The Morgan fingerprint density at radius 3 is 2.45 bits per heavy atom. The Kier molecular flexibility index (Phi) is 5.42. The summed E-state index contributed by atoms with van der Waals surface area (Å²) in [6.07, 6.45) is 3.41. The molecule has 0 bridgehead atoms. The first-order valence-corrected chi connectivity index (χ1v) is 11.9. The predicted octanol–water partition coefficient (Wildman–Crippen LogP) is 3.56. The maximum atomic E-state index is 13.1. The molecule has 0 saturated carbocycles. The molecule has 3 aromatic rings. The zero-order chi connectivity index (χ0) is 21.4. The van der Waals surface area contributed by atoms with Crippen LogP contribution in [0.3, 0.4) is 0 Å². The second kappa shape index (κ2) is 8.36. The van der Waals surface area contributed by atoms with E-state index in [1.54, 1.807) is 12.4 Å². The minimum absolute atomic E-state index is 0.0404. The van der Waals surface area contributed by atoms with Crippen molar-refractivity contribution in [1.29, 1.82) is 0 Å². The summed E-state index contributed by atoms with van der Waals surface area (Å²) in [5.74, 6) is 0.585. The number of benzene rings is 2. The second-order valence-electron chi connectivity index (χ2n) is 8.21. The van der Waals surface area contributed by atoms with E-state index in [1.165, 1.54) is 5.56 Å². The number of rotatable bonds is 2. The van der Waals surface area contributed by atoms with Gasteiger partial charge in [0, 0.05) is 43.5 Å². The number of fused-ring (bicyclic) bond motifs is 2. The molecular formula is C25H25N3O2S. The topological polar surface area (TPSA) is 53.5 Å². The Bertz CT molecular complexity index is 1150. The van der Waals surface area contributed by atoms with Crippen LogP contribution in [0.25, 0.3) is 0 Å². The number of nitrogens with zero attached hydrogens (tertiary/aromatic N) is 3. The molecule has 2 aromatic carbocycles. The Hall–Kier alpha value is -2.83. The summed E-state index contributed by atoms with van der Waals surface area (Å²) in [6.45, 7) is 4.82. The summed E-state index contributed by atoms with van der Waals surface area (Å²) in [5.41, 5.74) is 5.13. The maximum Gasteiger partial charge on any atom is 0.255 e. The number of piperazine rings is 1. The molecule has 3 heterocycles. The van der Waals surface area contributed by atoms with E-state index in [0.29, 0.717) is 24.4 Å². The Labute approximate surface area is 185 Å². The number of carbonyl (C=O) groups excluding carboxylic acids is 1. The number of aromatic nitrogens is 1. The fraction of sp³-hybridized carbons (Fsp3) is 0.280. The van der Waals surface area contributed by atoms with Gasteiger partial charge in [0.15, 0.2) is 0 Å². The number of amides is 1. The van der Waals surface area contributed by atoms with Gasteiger partial charge in [-0.3, -0.25) is 18.9 Å². The predicted molar refractivity (Wildman–Crippen MR) is 121 cm³/mol. The highest BCUT2D eigenvalue weighted by Crippen LogP contribution is 2.38. The van der Waals surface area contributed by atoms with E-state index in [1.807, 2.05) is 42.2 Å². The van der Waals surface area contributed by atoms with E-state index in [0.717, 1.165) is 34.7 Å². The lowest BCUT2D eigenvalue weighted by Crippen LogP contribution is -2.50. The van der Waals surface area contributed by atoms with E-state index in [2.05, 4.69) is 34.1 Å². The number of carbonyl (C=O) groups is 1. The van der Waals surface area contributed by atoms with Gasteiger partial charge in [0.2, 0.25) is 0 Å². The van der Waals surface area contributed by atoms with Crippen LogP contribution in [-0.4, -0.2) is 51.1 Å². The van der Waals surface area contributed by atoms with Crippen LogP contribution < -0.4 is 0 Å². The summed E-state index contributed by atoms with van der Waals surface area (Å²) in [4.78, 5) is 22.4. The quantitative estimate of drug-likeness (QED) is 0.623. The molecule has 2 atom stereocenters. The molecule has 0 aliphatic carbocycles. The fourth-order valence-electron chi connectivity index (χ4n) is 4.66. The van der Waals surface area contributed by atoms with Crippen LogP contribution in [-0.2, 0) is 16.6 Å². The molecule has 5 nitrogen and oxygen atoms in total. The van der Waals surface area contributed by atoms with E-state index >= 15 is 0 Å². The highest BCUT2D eigenvalue weighted by Gasteiger charge is 2.33. The molecule has 1 amide bonds.